The number of hydrazine groups is 1. The molecule has 0 saturated heterocycles. The number of pyridine rings is 1. The number of nitrogens with two attached hydrogens (primary N) is 1. The maximum absolute atomic E-state index is 11.9. The first-order valence-electron chi connectivity index (χ1n) is 6.51. The Hall–Kier alpha value is -2.92. The minimum Gasteiger partial charge on any atom is -0.340 e. The molecule has 1 heterocycles. The number of fused-ring (bicyclic) bond motifs is 1. The van der Waals surface area contributed by atoms with Crippen molar-refractivity contribution in [2.45, 2.75) is 0 Å². The zero-order chi connectivity index (χ0) is 14.7. The van der Waals surface area contributed by atoms with Crippen molar-refractivity contribution in [3.8, 4) is 0 Å². The zero-order valence-electron chi connectivity index (χ0n) is 11.2. The van der Waals surface area contributed by atoms with Crippen molar-refractivity contribution in [2.75, 3.05) is 5.32 Å². The highest BCUT2D eigenvalue weighted by Gasteiger charge is 2.11. The van der Waals surface area contributed by atoms with Gasteiger partial charge in [0.25, 0.3) is 5.91 Å². The molecule has 1 aromatic heterocycles. The number of para-hydroxylation sites is 2. The highest BCUT2D eigenvalue weighted by atomic mass is 16.2. The molecule has 5 nitrogen and oxygen atoms in total. The Morgan fingerprint density at radius 1 is 1.00 bits per heavy atom. The first-order valence-corrected chi connectivity index (χ1v) is 6.51. The average molecular weight is 278 g/mol. The lowest BCUT2D eigenvalue weighted by atomic mass is 10.1. The summed E-state index contributed by atoms with van der Waals surface area (Å²) >= 11 is 0. The molecule has 3 rings (SSSR count). The molecule has 0 aliphatic carbocycles. The molecule has 0 unspecified atom stereocenters. The SMILES string of the molecule is NNC(=O)c1cc(Nc2ccccc2)nc2ccccc12. The van der Waals surface area contributed by atoms with E-state index < -0.39 is 0 Å². The number of carbonyl (C=O) groups is 1. The molecule has 0 aliphatic heterocycles. The molecule has 3 aromatic rings. The number of nitrogens with zero attached hydrogens (tertiary/aromatic N) is 1. The van der Waals surface area contributed by atoms with Crippen molar-refractivity contribution >= 4 is 28.3 Å². The van der Waals surface area contributed by atoms with E-state index in [1.807, 2.05) is 54.6 Å². The lowest BCUT2D eigenvalue weighted by Gasteiger charge is -2.10. The molecule has 5 heteroatoms. The van der Waals surface area contributed by atoms with Crippen LogP contribution >= 0.6 is 0 Å². The van der Waals surface area contributed by atoms with Gasteiger partial charge in [0.1, 0.15) is 5.82 Å². The maximum atomic E-state index is 11.9. The summed E-state index contributed by atoms with van der Waals surface area (Å²) in [5.74, 6) is 5.51. The quantitative estimate of drug-likeness (QED) is 0.391. The van der Waals surface area contributed by atoms with E-state index in [0.717, 1.165) is 16.6 Å². The third kappa shape index (κ3) is 2.68. The molecule has 0 radical (unpaired) electrons. The van der Waals surface area contributed by atoms with Gasteiger partial charge < -0.3 is 5.32 Å². The predicted octanol–water partition coefficient (Wildman–Crippen LogP) is 2.58. The normalized spacial score (nSPS) is 10.3. The largest absolute Gasteiger partial charge is 0.340 e. The monoisotopic (exact) mass is 278 g/mol. The molecule has 0 aliphatic rings. The van der Waals surface area contributed by atoms with E-state index in [9.17, 15) is 4.79 Å². The summed E-state index contributed by atoms with van der Waals surface area (Å²) in [7, 11) is 0. The Morgan fingerprint density at radius 3 is 2.48 bits per heavy atom. The summed E-state index contributed by atoms with van der Waals surface area (Å²) in [5, 5.41) is 3.95. The van der Waals surface area contributed by atoms with Crippen molar-refractivity contribution in [1.82, 2.24) is 10.4 Å². The molecule has 1 amide bonds. The van der Waals surface area contributed by atoms with Gasteiger partial charge in [-0.1, -0.05) is 36.4 Å². The number of anilines is 2. The number of amides is 1. The Morgan fingerprint density at radius 2 is 1.71 bits per heavy atom. The van der Waals surface area contributed by atoms with Gasteiger partial charge in [0, 0.05) is 11.1 Å². The topological polar surface area (TPSA) is 80.0 Å². The Kier molecular flexibility index (Phi) is 3.49. The Balaban J connectivity index is 2.10. The highest BCUT2D eigenvalue weighted by Crippen LogP contribution is 2.23. The summed E-state index contributed by atoms with van der Waals surface area (Å²) in [4.78, 5) is 16.5. The van der Waals surface area contributed by atoms with Crippen LogP contribution in [0.4, 0.5) is 11.5 Å². The predicted molar refractivity (Wildman–Crippen MR) is 83.1 cm³/mol. The van der Waals surface area contributed by atoms with Crippen LogP contribution in [0.2, 0.25) is 0 Å². The number of carbonyl (C=O) groups excluding carboxylic acids is 1. The van der Waals surface area contributed by atoms with Crippen LogP contribution in [0.5, 0.6) is 0 Å². The van der Waals surface area contributed by atoms with Crippen molar-refractivity contribution in [3.05, 3.63) is 66.2 Å². The third-order valence-corrected chi connectivity index (χ3v) is 3.14. The number of hydrogen-bond acceptors (Lipinski definition) is 4. The maximum Gasteiger partial charge on any atom is 0.265 e. The Bertz CT molecular complexity index is 787. The number of nitrogen functional groups attached to an aromatic ring is 1. The fourth-order valence-electron chi connectivity index (χ4n) is 2.17. The molecule has 0 fully saturated rings. The minimum atomic E-state index is -0.343. The molecule has 4 N–H and O–H groups in total. The van der Waals surface area contributed by atoms with Crippen molar-refractivity contribution in [2.24, 2.45) is 5.84 Å². The van der Waals surface area contributed by atoms with Crippen LogP contribution in [-0.2, 0) is 0 Å². The first kappa shape index (κ1) is 13.1. The van der Waals surface area contributed by atoms with Crippen LogP contribution in [0.25, 0.3) is 10.9 Å². The fourth-order valence-corrected chi connectivity index (χ4v) is 2.17. The van der Waals surface area contributed by atoms with E-state index in [0.29, 0.717) is 11.4 Å². The number of aromatic nitrogens is 1. The van der Waals surface area contributed by atoms with Gasteiger partial charge in [-0.2, -0.15) is 0 Å². The van der Waals surface area contributed by atoms with Crippen molar-refractivity contribution in [1.29, 1.82) is 0 Å². The molecule has 104 valence electrons. The van der Waals surface area contributed by atoms with Crippen LogP contribution in [-0.4, -0.2) is 10.9 Å². The lowest BCUT2D eigenvalue weighted by Crippen LogP contribution is -2.30. The van der Waals surface area contributed by atoms with Crippen molar-refractivity contribution < 1.29 is 4.79 Å². The van der Waals surface area contributed by atoms with Crippen molar-refractivity contribution in [3.63, 3.8) is 0 Å². The van der Waals surface area contributed by atoms with Gasteiger partial charge in [0.15, 0.2) is 0 Å². The molecular weight excluding hydrogens is 264 g/mol. The second-order valence-corrected chi connectivity index (χ2v) is 4.54. The van der Waals surface area contributed by atoms with Gasteiger partial charge in [0.05, 0.1) is 11.1 Å². The number of nitrogens with one attached hydrogen (secondary N) is 2. The average Bonchev–Trinajstić information content (AvgIpc) is 2.54. The molecular formula is C16H14N4O. The molecule has 0 bridgehead atoms. The number of benzene rings is 2. The van der Waals surface area contributed by atoms with Gasteiger partial charge in [-0.3, -0.25) is 10.2 Å². The second kappa shape index (κ2) is 5.60. The zero-order valence-corrected chi connectivity index (χ0v) is 11.2. The van der Waals surface area contributed by atoms with Crippen LogP contribution in [0.15, 0.2) is 60.7 Å². The summed E-state index contributed by atoms with van der Waals surface area (Å²) in [6.07, 6.45) is 0. The van der Waals surface area contributed by atoms with E-state index in [-0.39, 0.29) is 5.91 Å². The van der Waals surface area contributed by atoms with Gasteiger partial charge in [0.2, 0.25) is 0 Å². The summed E-state index contributed by atoms with van der Waals surface area (Å²) in [6, 6.07) is 18.8. The molecule has 0 atom stereocenters. The van der Waals surface area contributed by atoms with Gasteiger partial charge in [-0.15, -0.1) is 0 Å². The molecule has 21 heavy (non-hydrogen) atoms. The summed E-state index contributed by atoms with van der Waals surface area (Å²) in [5.41, 5.74) is 4.29. The molecule has 2 aromatic carbocycles. The summed E-state index contributed by atoms with van der Waals surface area (Å²) < 4.78 is 0. The highest BCUT2D eigenvalue weighted by molar-refractivity contribution is 6.06. The van der Waals surface area contributed by atoms with Crippen LogP contribution in [0, 0.1) is 0 Å². The Labute approximate surface area is 121 Å². The standard InChI is InChI=1S/C16H14N4O/c17-20-16(21)13-10-15(18-11-6-2-1-3-7-11)19-14-9-5-4-8-12(13)14/h1-10H,17H2,(H,18,19)(H,20,21). The van der Waals surface area contributed by atoms with E-state index in [1.54, 1.807) is 6.07 Å². The second-order valence-electron chi connectivity index (χ2n) is 4.54. The number of hydrogen-bond donors (Lipinski definition) is 3. The van der Waals surface area contributed by atoms with Crippen LogP contribution < -0.4 is 16.6 Å². The minimum absolute atomic E-state index is 0.343. The molecule has 0 saturated carbocycles. The van der Waals surface area contributed by atoms with Crippen LogP contribution in [0.3, 0.4) is 0 Å². The third-order valence-electron chi connectivity index (χ3n) is 3.14. The number of rotatable bonds is 3. The summed E-state index contributed by atoms with van der Waals surface area (Å²) in [6.45, 7) is 0. The molecule has 0 spiro atoms. The van der Waals surface area contributed by atoms with E-state index in [4.69, 9.17) is 5.84 Å². The lowest BCUT2D eigenvalue weighted by molar-refractivity contribution is 0.0955. The van der Waals surface area contributed by atoms with Crippen LogP contribution in [0.1, 0.15) is 10.4 Å². The van der Waals surface area contributed by atoms with Gasteiger partial charge in [-0.05, 0) is 24.3 Å². The van der Waals surface area contributed by atoms with Gasteiger partial charge >= 0.3 is 0 Å². The van der Waals surface area contributed by atoms with E-state index in [1.165, 1.54) is 0 Å². The van der Waals surface area contributed by atoms with Gasteiger partial charge in [-0.25, -0.2) is 10.8 Å². The fraction of sp³-hybridized carbons (Fsp3) is 0. The first-order chi connectivity index (χ1) is 10.3. The van der Waals surface area contributed by atoms with E-state index >= 15 is 0 Å². The smallest absolute Gasteiger partial charge is 0.265 e. The van der Waals surface area contributed by atoms with E-state index in [2.05, 4.69) is 15.7 Å².